The van der Waals surface area contributed by atoms with Crippen LogP contribution in [0.3, 0.4) is 0 Å². The number of nitrogens with one attached hydrogen (secondary N) is 2. The fourth-order valence-corrected chi connectivity index (χ4v) is 3.03. The molecule has 2 N–H and O–H groups in total. The van der Waals surface area contributed by atoms with Crippen LogP contribution in [-0.4, -0.2) is 37.2 Å². The minimum Gasteiger partial charge on any atom is -0.378 e. The largest absolute Gasteiger partial charge is 0.378 e. The predicted molar refractivity (Wildman–Crippen MR) is 71.5 cm³/mol. The zero-order valence-corrected chi connectivity index (χ0v) is 11.4. The minimum atomic E-state index is 0.170. The molecule has 2 rings (SSSR count). The molecule has 2 aliphatic rings. The second-order valence-electron chi connectivity index (χ2n) is 5.51. The lowest BCUT2D eigenvalue weighted by atomic mass is 9.91. The smallest absolute Gasteiger partial charge is 0.222 e. The van der Waals surface area contributed by atoms with Crippen LogP contribution in [0.4, 0.5) is 0 Å². The highest BCUT2D eigenvalue weighted by Gasteiger charge is 2.24. The Bertz CT molecular complexity index is 257. The van der Waals surface area contributed by atoms with Gasteiger partial charge in [0, 0.05) is 18.7 Å². The maximum atomic E-state index is 11.9. The molecule has 0 bridgehead atoms. The topological polar surface area (TPSA) is 50.4 Å². The molecule has 4 nitrogen and oxygen atoms in total. The first-order chi connectivity index (χ1) is 8.78. The first kappa shape index (κ1) is 13.8. The Kier molecular flexibility index (Phi) is 5.45. The zero-order valence-electron chi connectivity index (χ0n) is 11.4. The summed E-state index contributed by atoms with van der Waals surface area (Å²) in [5.41, 5.74) is 0. The van der Waals surface area contributed by atoms with Crippen molar-refractivity contribution in [3.05, 3.63) is 0 Å². The van der Waals surface area contributed by atoms with Gasteiger partial charge < -0.3 is 15.4 Å². The molecule has 1 saturated carbocycles. The van der Waals surface area contributed by atoms with Crippen molar-refractivity contribution in [2.24, 2.45) is 0 Å². The molecule has 0 radical (unpaired) electrons. The number of hydrogen-bond donors (Lipinski definition) is 2. The number of ether oxygens (including phenoxy) is 1. The van der Waals surface area contributed by atoms with Crippen molar-refractivity contribution in [3.8, 4) is 0 Å². The second-order valence-corrected chi connectivity index (χ2v) is 5.51. The number of hydrogen-bond acceptors (Lipinski definition) is 3. The van der Waals surface area contributed by atoms with Crippen molar-refractivity contribution in [3.63, 3.8) is 0 Å². The van der Waals surface area contributed by atoms with Crippen LogP contribution >= 0.6 is 0 Å². The lowest BCUT2D eigenvalue weighted by Gasteiger charge is -2.29. The highest BCUT2D eigenvalue weighted by Crippen LogP contribution is 2.20. The van der Waals surface area contributed by atoms with Gasteiger partial charge in [0.05, 0.1) is 12.5 Å². The molecule has 0 spiro atoms. The van der Waals surface area contributed by atoms with Crippen LogP contribution in [0, 0.1) is 0 Å². The Morgan fingerprint density at radius 3 is 2.50 bits per heavy atom. The summed E-state index contributed by atoms with van der Waals surface area (Å²) in [5.74, 6) is 0.175. The van der Waals surface area contributed by atoms with Gasteiger partial charge in [-0.25, -0.2) is 0 Å². The van der Waals surface area contributed by atoms with E-state index in [1.807, 2.05) is 0 Å². The normalized spacial score (nSPS) is 32.4. The van der Waals surface area contributed by atoms with Crippen molar-refractivity contribution in [2.75, 3.05) is 13.2 Å². The first-order valence-corrected chi connectivity index (χ1v) is 7.42. The Labute approximate surface area is 110 Å². The van der Waals surface area contributed by atoms with Gasteiger partial charge in [-0.15, -0.1) is 0 Å². The third-order valence-corrected chi connectivity index (χ3v) is 4.02. The number of amides is 1. The average molecular weight is 254 g/mol. The molecule has 1 aliphatic heterocycles. The van der Waals surface area contributed by atoms with Gasteiger partial charge in [-0.3, -0.25) is 4.79 Å². The average Bonchev–Trinajstić information content (AvgIpc) is 2.84. The van der Waals surface area contributed by atoms with Crippen molar-refractivity contribution in [1.29, 1.82) is 0 Å². The van der Waals surface area contributed by atoms with E-state index in [1.165, 1.54) is 12.8 Å². The molecule has 2 fully saturated rings. The predicted octanol–water partition coefficient (Wildman–Crippen LogP) is 1.59. The van der Waals surface area contributed by atoms with Crippen molar-refractivity contribution >= 4 is 5.91 Å². The molecule has 1 aliphatic carbocycles. The van der Waals surface area contributed by atoms with Crippen LogP contribution < -0.4 is 10.6 Å². The van der Waals surface area contributed by atoms with E-state index in [-0.39, 0.29) is 12.0 Å². The molecule has 1 heterocycles. The zero-order chi connectivity index (χ0) is 12.8. The van der Waals surface area contributed by atoms with Crippen molar-refractivity contribution < 1.29 is 9.53 Å². The van der Waals surface area contributed by atoms with Gasteiger partial charge in [0.1, 0.15) is 0 Å². The van der Waals surface area contributed by atoms with E-state index in [0.29, 0.717) is 18.5 Å². The lowest BCUT2D eigenvalue weighted by Crippen LogP contribution is -2.42. The van der Waals surface area contributed by atoms with E-state index in [9.17, 15) is 4.79 Å². The van der Waals surface area contributed by atoms with Crippen LogP contribution in [0.1, 0.15) is 51.9 Å². The van der Waals surface area contributed by atoms with Crippen LogP contribution in [0.2, 0.25) is 0 Å². The van der Waals surface area contributed by atoms with Gasteiger partial charge >= 0.3 is 0 Å². The molecule has 0 aromatic carbocycles. The van der Waals surface area contributed by atoms with E-state index in [0.717, 1.165) is 38.8 Å². The third-order valence-electron chi connectivity index (χ3n) is 4.02. The molecule has 1 unspecified atom stereocenters. The summed E-state index contributed by atoms with van der Waals surface area (Å²) in [6, 6.07) is 1.04. The highest BCUT2D eigenvalue weighted by atomic mass is 16.5. The van der Waals surface area contributed by atoms with Crippen LogP contribution in [0.5, 0.6) is 0 Å². The maximum Gasteiger partial charge on any atom is 0.222 e. The van der Waals surface area contributed by atoms with E-state index in [2.05, 4.69) is 17.6 Å². The van der Waals surface area contributed by atoms with Gasteiger partial charge in [0.25, 0.3) is 0 Å². The van der Waals surface area contributed by atoms with Crippen LogP contribution in [0.15, 0.2) is 0 Å². The molecule has 18 heavy (non-hydrogen) atoms. The third kappa shape index (κ3) is 4.25. The van der Waals surface area contributed by atoms with E-state index in [1.54, 1.807) is 0 Å². The SMILES string of the molecule is CCNC1CCC(NC(=O)CC2CCCO2)CC1. The summed E-state index contributed by atoms with van der Waals surface area (Å²) in [6.45, 7) is 4.02. The first-order valence-electron chi connectivity index (χ1n) is 7.42. The minimum absolute atomic E-state index is 0.170. The summed E-state index contributed by atoms with van der Waals surface area (Å²) >= 11 is 0. The Morgan fingerprint density at radius 1 is 1.17 bits per heavy atom. The molecular formula is C14H26N2O2. The maximum absolute atomic E-state index is 11.9. The molecule has 104 valence electrons. The van der Waals surface area contributed by atoms with Crippen LogP contribution in [0.25, 0.3) is 0 Å². The van der Waals surface area contributed by atoms with Gasteiger partial charge in [0.15, 0.2) is 0 Å². The Hall–Kier alpha value is -0.610. The van der Waals surface area contributed by atoms with Crippen molar-refractivity contribution in [2.45, 2.75) is 70.1 Å². The van der Waals surface area contributed by atoms with Gasteiger partial charge in [-0.2, -0.15) is 0 Å². The van der Waals surface area contributed by atoms with Crippen LogP contribution in [-0.2, 0) is 9.53 Å². The number of rotatable bonds is 5. The van der Waals surface area contributed by atoms with E-state index >= 15 is 0 Å². The summed E-state index contributed by atoms with van der Waals surface area (Å²) in [5, 5.41) is 6.65. The molecule has 1 amide bonds. The molecule has 1 saturated heterocycles. The number of carbonyl (C=O) groups excluding carboxylic acids is 1. The summed E-state index contributed by atoms with van der Waals surface area (Å²) in [7, 11) is 0. The standard InChI is InChI=1S/C14H26N2O2/c1-2-15-11-5-7-12(8-6-11)16-14(17)10-13-4-3-9-18-13/h11-13,15H,2-10H2,1H3,(H,16,17). The highest BCUT2D eigenvalue weighted by molar-refractivity contribution is 5.76. The number of carbonyl (C=O) groups is 1. The molecule has 0 aromatic rings. The fourth-order valence-electron chi connectivity index (χ4n) is 3.03. The Balaban J connectivity index is 1.63. The molecule has 0 aromatic heterocycles. The van der Waals surface area contributed by atoms with E-state index < -0.39 is 0 Å². The molecular weight excluding hydrogens is 228 g/mol. The second kappa shape index (κ2) is 7.10. The monoisotopic (exact) mass is 254 g/mol. The summed E-state index contributed by atoms with van der Waals surface area (Å²) in [4.78, 5) is 11.9. The van der Waals surface area contributed by atoms with Crippen molar-refractivity contribution in [1.82, 2.24) is 10.6 Å². The fraction of sp³-hybridized carbons (Fsp3) is 0.929. The lowest BCUT2D eigenvalue weighted by molar-refractivity contribution is -0.124. The molecule has 4 heteroatoms. The van der Waals surface area contributed by atoms with Gasteiger partial charge in [-0.1, -0.05) is 6.92 Å². The quantitative estimate of drug-likeness (QED) is 0.783. The Morgan fingerprint density at radius 2 is 1.89 bits per heavy atom. The summed E-state index contributed by atoms with van der Waals surface area (Å²) in [6.07, 6.45) is 7.43. The molecule has 1 atom stereocenters. The van der Waals surface area contributed by atoms with Gasteiger partial charge in [-0.05, 0) is 45.1 Å². The summed E-state index contributed by atoms with van der Waals surface area (Å²) < 4.78 is 5.49. The van der Waals surface area contributed by atoms with E-state index in [4.69, 9.17) is 4.74 Å². The van der Waals surface area contributed by atoms with Gasteiger partial charge in [0.2, 0.25) is 5.91 Å².